The largest absolute Gasteiger partial charge is 0.340 e. The Morgan fingerprint density at radius 2 is 1.53 bits per heavy atom. The third kappa shape index (κ3) is 4.28. The zero-order valence-electron chi connectivity index (χ0n) is 11.3. The van der Waals surface area contributed by atoms with Gasteiger partial charge in [0.05, 0.1) is 0 Å². The molecular formula is C13H27N3O. The summed E-state index contributed by atoms with van der Waals surface area (Å²) in [5.74, 6) is 6.36. The molecule has 2 rings (SSSR count). The highest BCUT2D eigenvalue weighted by Gasteiger charge is 2.27. The second-order valence-electron chi connectivity index (χ2n) is 4.70. The number of rotatable bonds is 1. The molecule has 0 unspecified atom stereocenters. The van der Waals surface area contributed by atoms with Gasteiger partial charge in [0.1, 0.15) is 0 Å². The maximum Gasteiger partial charge on any atom is 0.225 e. The second kappa shape index (κ2) is 7.67. The van der Waals surface area contributed by atoms with E-state index in [2.05, 4.69) is 0 Å². The Balaban J connectivity index is 0.000000686. The van der Waals surface area contributed by atoms with Crippen LogP contribution >= 0.6 is 0 Å². The molecule has 2 aliphatic rings. The molecule has 1 heterocycles. The van der Waals surface area contributed by atoms with Crippen molar-refractivity contribution in [3.05, 3.63) is 0 Å². The van der Waals surface area contributed by atoms with Gasteiger partial charge < -0.3 is 4.90 Å². The minimum atomic E-state index is 0.308. The summed E-state index contributed by atoms with van der Waals surface area (Å²) in [6, 6.07) is 0. The van der Waals surface area contributed by atoms with Crippen LogP contribution in [0.3, 0.4) is 0 Å². The Labute approximate surface area is 105 Å². The van der Waals surface area contributed by atoms with Crippen LogP contribution in [0, 0.1) is 5.92 Å². The fraction of sp³-hybridized carbons (Fsp3) is 0.923. The van der Waals surface area contributed by atoms with Gasteiger partial charge in [0, 0.05) is 32.1 Å². The molecule has 100 valence electrons. The van der Waals surface area contributed by atoms with Gasteiger partial charge in [-0.3, -0.25) is 10.6 Å². The van der Waals surface area contributed by atoms with Gasteiger partial charge in [-0.25, -0.2) is 5.01 Å². The number of nitrogens with zero attached hydrogens (tertiary/aromatic N) is 2. The van der Waals surface area contributed by atoms with Crippen molar-refractivity contribution < 1.29 is 4.79 Å². The normalized spacial score (nSPS) is 22.9. The van der Waals surface area contributed by atoms with Gasteiger partial charge in [-0.2, -0.15) is 0 Å². The van der Waals surface area contributed by atoms with Gasteiger partial charge in [0.15, 0.2) is 0 Å². The van der Waals surface area contributed by atoms with E-state index in [9.17, 15) is 4.79 Å². The molecule has 4 nitrogen and oxygen atoms in total. The standard InChI is InChI=1S/C11H21N3O.C2H6/c12-14-8-6-13(7-9-14)11(15)10-4-2-1-3-5-10;1-2/h10H,1-9,12H2;1-2H3. The van der Waals surface area contributed by atoms with Crippen LogP contribution in [0.15, 0.2) is 0 Å². The fourth-order valence-corrected chi connectivity index (χ4v) is 2.55. The van der Waals surface area contributed by atoms with Crippen molar-refractivity contribution in [1.29, 1.82) is 0 Å². The molecule has 1 saturated heterocycles. The van der Waals surface area contributed by atoms with E-state index in [1.165, 1.54) is 19.3 Å². The molecule has 0 aromatic heterocycles. The fourth-order valence-electron chi connectivity index (χ4n) is 2.55. The molecule has 17 heavy (non-hydrogen) atoms. The van der Waals surface area contributed by atoms with Crippen LogP contribution in [0.5, 0.6) is 0 Å². The zero-order chi connectivity index (χ0) is 12.7. The van der Waals surface area contributed by atoms with Crippen LogP contribution in [-0.4, -0.2) is 42.0 Å². The SMILES string of the molecule is CC.NN1CCN(C(=O)C2CCCCC2)CC1. The summed E-state index contributed by atoms with van der Waals surface area (Å²) < 4.78 is 0. The molecular weight excluding hydrogens is 214 g/mol. The molecule has 2 N–H and O–H groups in total. The first-order valence-corrected chi connectivity index (χ1v) is 7.06. The quantitative estimate of drug-likeness (QED) is 0.710. The minimum Gasteiger partial charge on any atom is -0.340 e. The average molecular weight is 241 g/mol. The van der Waals surface area contributed by atoms with Crippen LogP contribution in [-0.2, 0) is 4.79 Å². The summed E-state index contributed by atoms with van der Waals surface area (Å²) in [5.41, 5.74) is 0. The number of piperazine rings is 1. The zero-order valence-corrected chi connectivity index (χ0v) is 11.3. The molecule has 0 aromatic carbocycles. The van der Waals surface area contributed by atoms with Crippen LogP contribution in [0.1, 0.15) is 46.0 Å². The first kappa shape index (κ1) is 14.5. The van der Waals surface area contributed by atoms with E-state index in [1.807, 2.05) is 18.7 Å². The van der Waals surface area contributed by atoms with Gasteiger partial charge >= 0.3 is 0 Å². The average Bonchev–Trinajstić information content (AvgIpc) is 2.42. The summed E-state index contributed by atoms with van der Waals surface area (Å²) >= 11 is 0. The molecule has 1 aliphatic carbocycles. The van der Waals surface area contributed by atoms with E-state index in [4.69, 9.17) is 5.84 Å². The summed E-state index contributed by atoms with van der Waals surface area (Å²) in [4.78, 5) is 14.1. The topological polar surface area (TPSA) is 49.6 Å². The lowest BCUT2D eigenvalue weighted by molar-refractivity contribution is -0.138. The van der Waals surface area contributed by atoms with Crippen molar-refractivity contribution in [1.82, 2.24) is 9.91 Å². The number of carbonyl (C=O) groups is 1. The van der Waals surface area contributed by atoms with Crippen molar-refractivity contribution in [2.24, 2.45) is 11.8 Å². The molecule has 0 spiro atoms. The predicted molar refractivity (Wildman–Crippen MR) is 70.3 cm³/mol. The lowest BCUT2D eigenvalue weighted by atomic mass is 9.88. The van der Waals surface area contributed by atoms with Crippen LogP contribution in [0.4, 0.5) is 0 Å². The molecule has 1 amide bonds. The smallest absolute Gasteiger partial charge is 0.225 e. The first-order chi connectivity index (χ1) is 8.27. The maximum absolute atomic E-state index is 12.1. The van der Waals surface area contributed by atoms with Gasteiger partial charge in [-0.1, -0.05) is 33.1 Å². The van der Waals surface area contributed by atoms with E-state index in [1.54, 1.807) is 5.01 Å². The molecule has 0 radical (unpaired) electrons. The lowest BCUT2D eigenvalue weighted by Gasteiger charge is -2.35. The molecule has 0 atom stereocenters. The highest BCUT2D eigenvalue weighted by molar-refractivity contribution is 5.79. The Morgan fingerprint density at radius 3 is 2.06 bits per heavy atom. The first-order valence-electron chi connectivity index (χ1n) is 7.06. The minimum absolute atomic E-state index is 0.308. The third-order valence-corrected chi connectivity index (χ3v) is 3.58. The van der Waals surface area contributed by atoms with E-state index < -0.39 is 0 Å². The van der Waals surface area contributed by atoms with Gasteiger partial charge in [-0.15, -0.1) is 0 Å². The van der Waals surface area contributed by atoms with Gasteiger partial charge in [0.2, 0.25) is 5.91 Å². The summed E-state index contributed by atoms with van der Waals surface area (Å²) in [5, 5.41) is 1.80. The summed E-state index contributed by atoms with van der Waals surface area (Å²) in [6.07, 6.45) is 5.96. The lowest BCUT2D eigenvalue weighted by Crippen LogP contribution is -2.52. The van der Waals surface area contributed by atoms with Crippen molar-refractivity contribution in [2.75, 3.05) is 26.2 Å². The van der Waals surface area contributed by atoms with Crippen molar-refractivity contribution in [2.45, 2.75) is 46.0 Å². The number of nitrogens with two attached hydrogens (primary N) is 1. The van der Waals surface area contributed by atoms with Crippen molar-refractivity contribution in [3.8, 4) is 0 Å². The van der Waals surface area contributed by atoms with E-state index >= 15 is 0 Å². The molecule has 2 fully saturated rings. The molecule has 1 aliphatic heterocycles. The van der Waals surface area contributed by atoms with E-state index in [0.717, 1.165) is 39.0 Å². The summed E-state index contributed by atoms with van der Waals surface area (Å²) in [7, 11) is 0. The highest BCUT2D eigenvalue weighted by atomic mass is 16.2. The van der Waals surface area contributed by atoms with Crippen LogP contribution in [0.2, 0.25) is 0 Å². The van der Waals surface area contributed by atoms with Crippen molar-refractivity contribution >= 4 is 5.91 Å². The van der Waals surface area contributed by atoms with Gasteiger partial charge in [-0.05, 0) is 12.8 Å². The summed E-state index contributed by atoms with van der Waals surface area (Å²) in [6.45, 7) is 7.26. The molecule has 0 bridgehead atoms. The maximum atomic E-state index is 12.1. The molecule has 4 heteroatoms. The molecule has 1 saturated carbocycles. The number of hydrogen-bond acceptors (Lipinski definition) is 3. The van der Waals surface area contributed by atoms with E-state index in [0.29, 0.717) is 11.8 Å². The Hall–Kier alpha value is -0.610. The van der Waals surface area contributed by atoms with Crippen LogP contribution < -0.4 is 5.84 Å². The highest BCUT2D eigenvalue weighted by Crippen LogP contribution is 2.25. The van der Waals surface area contributed by atoms with Crippen molar-refractivity contribution in [3.63, 3.8) is 0 Å². The Morgan fingerprint density at radius 1 is 1.00 bits per heavy atom. The number of amides is 1. The monoisotopic (exact) mass is 241 g/mol. The third-order valence-electron chi connectivity index (χ3n) is 3.58. The number of carbonyl (C=O) groups excluding carboxylic acids is 1. The van der Waals surface area contributed by atoms with E-state index in [-0.39, 0.29) is 0 Å². The van der Waals surface area contributed by atoms with Gasteiger partial charge in [0.25, 0.3) is 0 Å². The predicted octanol–water partition coefficient (Wildman–Crippen LogP) is 1.61. The van der Waals surface area contributed by atoms with Crippen LogP contribution in [0.25, 0.3) is 0 Å². The Bertz CT molecular complexity index is 219. The Kier molecular flexibility index (Phi) is 6.52. The molecule has 0 aromatic rings. The number of hydrazine groups is 1. The number of hydrogen-bond donors (Lipinski definition) is 1. The second-order valence-corrected chi connectivity index (χ2v) is 4.70.